The predicted octanol–water partition coefficient (Wildman–Crippen LogP) is -2.01. The summed E-state index contributed by atoms with van der Waals surface area (Å²) >= 11 is 0. The van der Waals surface area contributed by atoms with Crippen LogP contribution in [0.15, 0.2) is 0 Å². The molecular weight excluding hydrogens is 148 g/mol. The van der Waals surface area contributed by atoms with Crippen molar-refractivity contribution in [2.75, 3.05) is 13.2 Å². The summed E-state index contributed by atoms with van der Waals surface area (Å²) in [6, 6.07) is 0. The summed E-state index contributed by atoms with van der Waals surface area (Å²) in [5.74, 6) is 0. The molecule has 0 aliphatic rings. The zero-order valence-electron chi connectivity index (χ0n) is 6.60. The molecule has 5 heteroatoms. The molecule has 0 saturated heterocycles. The fourth-order valence-electron chi connectivity index (χ4n) is 0.427. The van der Waals surface area contributed by atoms with E-state index >= 15 is 0 Å². The maximum absolute atomic E-state index is 9.01. The molecule has 0 fully saturated rings. The molecule has 0 amide bonds. The summed E-state index contributed by atoms with van der Waals surface area (Å²) in [6.07, 6.45) is -1.95. The number of nitrogens with two attached hydrogens (primary N) is 2. The summed E-state index contributed by atoms with van der Waals surface area (Å²) in [5, 5.41) is 17.5. The average molecular weight is 164 g/mol. The maximum Gasteiger partial charge on any atom is 0.105 e. The molecule has 5 nitrogen and oxygen atoms in total. The highest BCUT2D eigenvalue weighted by Gasteiger charge is 2.11. The monoisotopic (exact) mass is 164 g/mol. The first kappa shape index (κ1) is 10.8. The van der Waals surface area contributed by atoms with Gasteiger partial charge >= 0.3 is 0 Å². The Labute approximate surface area is 65.9 Å². The van der Waals surface area contributed by atoms with Gasteiger partial charge in [0.05, 0.1) is 25.5 Å². The van der Waals surface area contributed by atoms with Crippen LogP contribution in [0.4, 0.5) is 0 Å². The van der Waals surface area contributed by atoms with Crippen molar-refractivity contribution in [3.63, 3.8) is 0 Å². The number of aliphatic hydroxyl groups is 2. The second-order valence-corrected chi connectivity index (χ2v) is 2.47. The minimum Gasteiger partial charge on any atom is -0.394 e. The molecule has 0 bridgehead atoms. The van der Waals surface area contributed by atoms with Crippen LogP contribution in [0.3, 0.4) is 0 Å². The van der Waals surface area contributed by atoms with Gasteiger partial charge in [-0.05, 0) is 6.92 Å². The van der Waals surface area contributed by atoms with Gasteiger partial charge in [-0.15, -0.1) is 0 Å². The summed E-state index contributed by atoms with van der Waals surface area (Å²) in [5.41, 5.74) is 10.3. The molecule has 0 saturated carbocycles. The van der Waals surface area contributed by atoms with Crippen LogP contribution < -0.4 is 11.5 Å². The Bertz CT molecular complexity index is 99.8. The molecule has 0 radical (unpaired) electrons. The zero-order chi connectivity index (χ0) is 8.85. The fraction of sp³-hybridized carbons (Fsp3) is 1.00. The average Bonchev–Trinajstić information content (AvgIpc) is 1.99. The second kappa shape index (κ2) is 5.45. The van der Waals surface area contributed by atoms with E-state index in [4.69, 9.17) is 26.4 Å². The maximum atomic E-state index is 9.01. The Balaban J connectivity index is 3.37. The van der Waals surface area contributed by atoms with E-state index in [-0.39, 0.29) is 19.3 Å². The molecule has 2 unspecified atom stereocenters. The van der Waals surface area contributed by atoms with E-state index in [1.807, 2.05) is 0 Å². The lowest BCUT2D eigenvalue weighted by atomic mass is 10.3. The van der Waals surface area contributed by atoms with Gasteiger partial charge in [-0.3, -0.25) is 0 Å². The minimum atomic E-state index is -0.871. The molecule has 11 heavy (non-hydrogen) atoms. The number of hydrogen-bond donors (Lipinski definition) is 4. The lowest BCUT2D eigenvalue weighted by molar-refractivity contribution is -0.0297. The first-order valence-corrected chi connectivity index (χ1v) is 3.49. The van der Waals surface area contributed by atoms with Crippen molar-refractivity contribution < 1.29 is 14.9 Å². The standard InChI is InChI=1S/C6H16N2O3/c1-4(2-9)11-3-5(10)6(7)8/h4-6,9-10H,2-3,7-8H2,1H3. The van der Waals surface area contributed by atoms with Crippen LogP contribution in [-0.2, 0) is 4.74 Å². The van der Waals surface area contributed by atoms with E-state index < -0.39 is 12.3 Å². The van der Waals surface area contributed by atoms with Crippen molar-refractivity contribution in [2.24, 2.45) is 11.5 Å². The van der Waals surface area contributed by atoms with Crippen LogP contribution in [0.5, 0.6) is 0 Å². The molecule has 0 aromatic carbocycles. The number of aliphatic hydroxyl groups excluding tert-OH is 2. The Kier molecular flexibility index (Phi) is 5.35. The largest absolute Gasteiger partial charge is 0.394 e. The van der Waals surface area contributed by atoms with Crippen LogP contribution in [0, 0.1) is 0 Å². The third-order valence-corrected chi connectivity index (χ3v) is 1.25. The smallest absolute Gasteiger partial charge is 0.105 e. The van der Waals surface area contributed by atoms with E-state index in [1.165, 1.54) is 0 Å². The molecule has 0 spiro atoms. The van der Waals surface area contributed by atoms with Crippen LogP contribution in [0.2, 0.25) is 0 Å². The topological polar surface area (TPSA) is 102 Å². The van der Waals surface area contributed by atoms with Crippen molar-refractivity contribution in [3.8, 4) is 0 Å². The summed E-state index contributed by atoms with van der Waals surface area (Å²) in [4.78, 5) is 0. The quantitative estimate of drug-likeness (QED) is 0.352. The van der Waals surface area contributed by atoms with E-state index in [0.29, 0.717) is 0 Å². The number of ether oxygens (including phenoxy) is 1. The third kappa shape index (κ3) is 5.11. The van der Waals surface area contributed by atoms with Gasteiger partial charge in [-0.2, -0.15) is 0 Å². The molecule has 0 aromatic rings. The van der Waals surface area contributed by atoms with Crippen LogP contribution >= 0.6 is 0 Å². The van der Waals surface area contributed by atoms with Gasteiger partial charge in [-0.25, -0.2) is 0 Å². The van der Waals surface area contributed by atoms with Gasteiger partial charge in [0.2, 0.25) is 0 Å². The number of rotatable bonds is 5. The molecule has 2 atom stereocenters. The molecule has 0 aliphatic carbocycles. The van der Waals surface area contributed by atoms with Crippen LogP contribution in [-0.4, -0.2) is 41.8 Å². The van der Waals surface area contributed by atoms with Gasteiger partial charge in [-0.1, -0.05) is 0 Å². The van der Waals surface area contributed by atoms with E-state index in [1.54, 1.807) is 6.92 Å². The molecular formula is C6H16N2O3. The van der Waals surface area contributed by atoms with Crippen molar-refractivity contribution >= 4 is 0 Å². The predicted molar refractivity (Wildman–Crippen MR) is 40.7 cm³/mol. The zero-order valence-corrected chi connectivity index (χ0v) is 6.60. The highest BCUT2D eigenvalue weighted by atomic mass is 16.5. The molecule has 6 N–H and O–H groups in total. The first-order valence-electron chi connectivity index (χ1n) is 3.49. The molecule has 0 rings (SSSR count). The molecule has 0 aromatic heterocycles. The van der Waals surface area contributed by atoms with Crippen molar-refractivity contribution in [2.45, 2.75) is 25.3 Å². The van der Waals surface area contributed by atoms with Gasteiger partial charge in [0, 0.05) is 0 Å². The third-order valence-electron chi connectivity index (χ3n) is 1.25. The Morgan fingerprint density at radius 1 is 1.45 bits per heavy atom. The van der Waals surface area contributed by atoms with Crippen molar-refractivity contribution in [1.82, 2.24) is 0 Å². The van der Waals surface area contributed by atoms with Gasteiger partial charge in [0.25, 0.3) is 0 Å². The van der Waals surface area contributed by atoms with Crippen LogP contribution in [0.25, 0.3) is 0 Å². The normalized spacial score (nSPS) is 16.9. The van der Waals surface area contributed by atoms with Gasteiger partial charge in [0.15, 0.2) is 0 Å². The van der Waals surface area contributed by atoms with E-state index in [0.717, 1.165) is 0 Å². The molecule has 68 valence electrons. The highest BCUT2D eigenvalue weighted by molar-refractivity contribution is 4.64. The first-order chi connectivity index (χ1) is 5.07. The van der Waals surface area contributed by atoms with E-state index in [9.17, 15) is 0 Å². The SMILES string of the molecule is CC(CO)OCC(O)C(N)N. The lowest BCUT2D eigenvalue weighted by Crippen LogP contribution is -2.45. The summed E-state index contributed by atoms with van der Waals surface area (Å²) in [7, 11) is 0. The molecule has 0 aliphatic heterocycles. The van der Waals surface area contributed by atoms with Crippen molar-refractivity contribution in [3.05, 3.63) is 0 Å². The Morgan fingerprint density at radius 3 is 2.36 bits per heavy atom. The lowest BCUT2D eigenvalue weighted by Gasteiger charge is -2.16. The van der Waals surface area contributed by atoms with Gasteiger partial charge in [0.1, 0.15) is 6.10 Å². The molecule has 0 heterocycles. The fourth-order valence-corrected chi connectivity index (χ4v) is 0.427. The summed E-state index contributed by atoms with van der Waals surface area (Å²) in [6.45, 7) is 1.67. The van der Waals surface area contributed by atoms with Gasteiger partial charge < -0.3 is 26.4 Å². The van der Waals surface area contributed by atoms with E-state index in [2.05, 4.69) is 0 Å². The minimum absolute atomic E-state index is 0.0550. The second-order valence-electron chi connectivity index (χ2n) is 2.47. The van der Waals surface area contributed by atoms with Crippen molar-refractivity contribution in [1.29, 1.82) is 0 Å². The summed E-state index contributed by atoms with van der Waals surface area (Å²) < 4.78 is 4.95. The highest BCUT2D eigenvalue weighted by Crippen LogP contribution is 1.92. The Hall–Kier alpha value is -0.200. The number of hydrogen-bond acceptors (Lipinski definition) is 5. The van der Waals surface area contributed by atoms with Crippen LogP contribution in [0.1, 0.15) is 6.92 Å². The Morgan fingerprint density at radius 2 is 2.00 bits per heavy atom.